The smallest absolute Gasteiger partial charge is 0.124 e. The lowest BCUT2D eigenvalue weighted by atomic mass is 10.1. The van der Waals surface area contributed by atoms with Crippen molar-refractivity contribution in [2.75, 3.05) is 0 Å². The molecule has 0 aliphatic carbocycles. The lowest BCUT2D eigenvalue weighted by Gasteiger charge is -1.99. The molecule has 8 heteroatoms. The summed E-state index contributed by atoms with van der Waals surface area (Å²) < 4.78 is 4.81. The number of aryl methyl sites for hydroxylation is 1. The third kappa shape index (κ3) is 4.53. The van der Waals surface area contributed by atoms with Crippen LogP contribution in [0.25, 0.3) is 38.1 Å². The molecule has 0 fully saturated rings. The van der Waals surface area contributed by atoms with Crippen molar-refractivity contribution in [1.82, 2.24) is 29.8 Å². The Morgan fingerprint density at radius 2 is 1.58 bits per heavy atom. The molecular formula is C28H21BrN6S. The average molecular weight is 553 g/mol. The van der Waals surface area contributed by atoms with E-state index in [-0.39, 0.29) is 0 Å². The number of rotatable bonds is 6. The van der Waals surface area contributed by atoms with E-state index in [9.17, 15) is 0 Å². The van der Waals surface area contributed by atoms with Gasteiger partial charge in [-0.2, -0.15) is 5.10 Å². The second-order valence-corrected chi connectivity index (χ2v) is 10.3. The molecule has 0 N–H and O–H groups in total. The van der Waals surface area contributed by atoms with E-state index in [2.05, 4.69) is 50.5 Å². The summed E-state index contributed by atoms with van der Waals surface area (Å²) in [6.45, 7) is 2.69. The summed E-state index contributed by atoms with van der Waals surface area (Å²) >= 11 is 5.15. The van der Waals surface area contributed by atoms with Gasteiger partial charge in [0.25, 0.3) is 0 Å². The van der Waals surface area contributed by atoms with E-state index in [1.54, 1.807) is 11.3 Å². The van der Waals surface area contributed by atoms with Gasteiger partial charge >= 0.3 is 0 Å². The van der Waals surface area contributed by atoms with Crippen molar-refractivity contribution >= 4 is 27.3 Å². The highest BCUT2D eigenvalue weighted by Crippen LogP contribution is 2.39. The highest BCUT2D eigenvalue weighted by molar-refractivity contribution is 9.10. The van der Waals surface area contributed by atoms with Gasteiger partial charge < -0.3 is 0 Å². The predicted octanol–water partition coefficient (Wildman–Crippen LogP) is 7.04. The lowest BCUT2D eigenvalue weighted by Crippen LogP contribution is -1.99. The van der Waals surface area contributed by atoms with Crippen LogP contribution in [0.1, 0.15) is 11.3 Å². The van der Waals surface area contributed by atoms with Crippen LogP contribution in [0.2, 0.25) is 0 Å². The molecule has 0 atom stereocenters. The Labute approximate surface area is 221 Å². The average Bonchev–Trinajstić information content (AvgIpc) is 3.64. The molecule has 0 unspecified atom stereocenters. The van der Waals surface area contributed by atoms with Gasteiger partial charge in [-0.05, 0) is 36.8 Å². The molecule has 176 valence electrons. The number of hydrogen-bond acceptors (Lipinski definition) is 5. The van der Waals surface area contributed by atoms with Crippen molar-refractivity contribution in [1.29, 1.82) is 0 Å². The van der Waals surface area contributed by atoms with Crippen LogP contribution in [0.3, 0.4) is 0 Å². The summed E-state index contributed by atoms with van der Waals surface area (Å²) in [6, 6.07) is 28.6. The van der Waals surface area contributed by atoms with Gasteiger partial charge in [0, 0.05) is 16.2 Å². The molecule has 6 aromatic rings. The van der Waals surface area contributed by atoms with Gasteiger partial charge in [0.2, 0.25) is 0 Å². The maximum Gasteiger partial charge on any atom is 0.124 e. The van der Waals surface area contributed by atoms with Gasteiger partial charge in [-0.3, -0.25) is 0 Å². The molecule has 3 aromatic heterocycles. The minimum absolute atomic E-state index is 0.656. The Hall–Kier alpha value is -3.88. The van der Waals surface area contributed by atoms with Gasteiger partial charge in [0.1, 0.15) is 16.4 Å². The number of nitrogens with zero attached hydrogens (tertiary/aromatic N) is 6. The van der Waals surface area contributed by atoms with Crippen molar-refractivity contribution in [2.45, 2.75) is 13.5 Å². The molecule has 6 nitrogen and oxygen atoms in total. The molecular weight excluding hydrogens is 532 g/mol. The Bertz CT molecular complexity index is 1620. The third-order valence-electron chi connectivity index (χ3n) is 5.84. The zero-order valence-electron chi connectivity index (χ0n) is 19.4. The Morgan fingerprint density at radius 3 is 2.33 bits per heavy atom. The number of para-hydroxylation sites is 1. The first-order valence-electron chi connectivity index (χ1n) is 11.5. The Morgan fingerprint density at radius 1 is 0.861 bits per heavy atom. The van der Waals surface area contributed by atoms with Crippen LogP contribution >= 0.6 is 27.3 Å². The van der Waals surface area contributed by atoms with Crippen LogP contribution < -0.4 is 0 Å². The summed E-state index contributed by atoms with van der Waals surface area (Å²) in [4.78, 5) is 5.90. The third-order valence-corrected chi connectivity index (χ3v) is 7.58. The molecule has 0 radical (unpaired) electrons. The quantitative estimate of drug-likeness (QED) is 0.222. The monoisotopic (exact) mass is 552 g/mol. The molecule has 0 bridgehead atoms. The van der Waals surface area contributed by atoms with Gasteiger partial charge in [0.05, 0.1) is 34.6 Å². The van der Waals surface area contributed by atoms with E-state index in [4.69, 9.17) is 10.1 Å². The second kappa shape index (κ2) is 9.64. The van der Waals surface area contributed by atoms with Crippen molar-refractivity contribution in [3.63, 3.8) is 0 Å². The normalized spacial score (nSPS) is 11.2. The van der Waals surface area contributed by atoms with Gasteiger partial charge in [-0.1, -0.05) is 81.8 Å². The summed E-state index contributed by atoms with van der Waals surface area (Å²) in [7, 11) is 0. The van der Waals surface area contributed by atoms with Gasteiger partial charge in [-0.15, -0.1) is 16.4 Å². The number of aromatic nitrogens is 6. The maximum atomic E-state index is 5.00. The maximum absolute atomic E-state index is 5.00. The van der Waals surface area contributed by atoms with E-state index >= 15 is 0 Å². The molecule has 0 saturated heterocycles. The predicted molar refractivity (Wildman–Crippen MR) is 147 cm³/mol. The molecule has 0 spiro atoms. The van der Waals surface area contributed by atoms with Crippen molar-refractivity contribution < 1.29 is 0 Å². The van der Waals surface area contributed by atoms with Crippen molar-refractivity contribution in [2.24, 2.45) is 0 Å². The number of hydrogen-bond donors (Lipinski definition) is 0. The van der Waals surface area contributed by atoms with Crippen molar-refractivity contribution in [3.8, 4) is 38.1 Å². The molecule has 0 aliphatic rings. The Kier molecular flexibility index (Phi) is 6.04. The fourth-order valence-electron chi connectivity index (χ4n) is 4.04. The topological polar surface area (TPSA) is 61.4 Å². The largest absolute Gasteiger partial charge is 0.247 e. The number of benzene rings is 3. The van der Waals surface area contributed by atoms with Crippen LogP contribution in [0, 0.1) is 6.92 Å². The van der Waals surface area contributed by atoms with Crippen LogP contribution in [-0.4, -0.2) is 29.8 Å². The summed E-state index contributed by atoms with van der Waals surface area (Å²) in [5.74, 6) is 0. The van der Waals surface area contributed by atoms with Crippen molar-refractivity contribution in [3.05, 3.63) is 113 Å². The first kappa shape index (κ1) is 22.6. The number of halogens is 1. The molecule has 0 amide bonds. The highest BCUT2D eigenvalue weighted by Gasteiger charge is 2.22. The molecule has 3 aromatic carbocycles. The number of thiazole rings is 1. The fraction of sp³-hybridized carbons (Fsp3) is 0.0714. The van der Waals surface area contributed by atoms with Crippen LogP contribution in [-0.2, 0) is 6.54 Å². The molecule has 6 rings (SSSR count). The van der Waals surface area contributed by atoms with E-state index in [1.807, 2.05) is 89.3 Å². The van der Waals surface area contributed by atoms with Crippen LogP contribution in [0.4, 0.5) is 0 Å². The fourth-order valence-corrected chi connectivity index (χ4v) is 5.38. The molecule has 36 heavy (non-hydrogen) atoms. The first-order chi connectivity index (χ1) is 17.6. The zero-order chi connectivity index (χ0) is 24.5. The second-order valence-electron chi connectivity index (χ2n) is 8.40. The van der Waals surface area contributed by atoms with Gasteiger partial charge in [-0.25, -0.2) is 14.3 Å². The summed E-state index contributed by atoms with van der Waals surface area (Å²) in [6.07, 6.45) is 4.01. The minimum Gasteiger partial charge on any atom is -0.247 e. The van der Waals surface area contributed by atoms with E-state index < -0.39 is 0 Å². The molecule has 0 aliphatic heterocycles. The Balaban J connectivity index is 1.43. The SMILES string of the molecule is Cc1nc(-c2ccc(Br)cc2)sc1-c1nn(-c2ccccc2)cc1-c1cn(Cc2ccccc2)nn1. The standard InChI is InChI=1S/C28H21BrN6S/c1-19-27(36-28(30-19)21-12-14-22(29)15-13-21)26-24(17-35(32-26)23-10-6-3-7-11-23)25-18-34(33-31-25)16-20-8-4-2-5-9-20/h2-15,17-18H,16H2,1H3. The van der Waals surface area contributed by atoms with Crippen LogP contribution in [0.5, 0.6) is 0 Å². The van der Waals surface area contributed by atoms with Crippen LogP contribution in [0.15, 0.2) is 102 Å². The van der Waals surface area contributed by atoms with Gasteiger partial charge in [0.15, 0.2) is 0 Å². The summed E-state index contributed by atoms with van der Waals surface area (Å²) in [5.41, 5.74) is 6.73. The zero-order valence-corrected chi connectivity index (χ0v) is 21.8. The minimum atomic E-state index is 0.656. The molecule has 3 heterocycles. The van der Waals surface area contributed by atoms with E-state index in [1.165, 1.54) is 5.56 Å². The highest BCUT2D eigenvalue weighted by atomic mass is 79.9. The van der Waals surface area contributed by atoms with E-state index in [0.29, 0.717) is 6.54 Å². The van der Waals surface area contributed by atoms with E-state index in [0.717, 1.165) is 48.3 Å². The summed E-state index contributed by atoms with van der Waals surface area (Å²) in [5, 5.41) is 14.9. The molecule has 0 saturated carbocycles. The lowest BCUT2D eigenvalue weighted by molar-refractivity contribution is 0.650. The first-order valence-corrected chi connectivity index (χ1v) is 13.1.